The first-order valence-electron chi connectivity index (χ1n) is 6.34. The smallest absolute Gasteiger partial charge is 0.218 e. The molecule has 0 spiro atoms. The standard InChI is InChI=1S/C12H22N4O3/c1-3-10-14-11(16-13)9-12(15-10)19-6-4-5-18-8-7-17-2/h9H,3-8,13H2,1-2H3,(H,14,15,16). The van der Waals surface area contributed by atoms with E-state index in [4.69, 9.17) is 20.1 Å². The van der Waals surface area contributed by atoms with E-state index in [9.17, 15) is 0 Å². The molecule has 0 saturated heterocycles. The number of nitrogens with two attached hydrogens (primary N) is 1. The summed E-state index contributed by atoms with van der Waals surface area (Å²) in [5, 5.41) is 0. The van der Waals surface area contributed by atoms with Crippen molar-refractivity contribution in [2.24, 2.45) is 5.84 Å². The van der Waals surface area contributed by atoms with Crippen LogP contribution in [0.3, 0.4) is 0 Å². The van der Waals surface area contributed by atoms with Crippen LogP contribution < -0.4 is 16.0 Å². The molecule has 0 aliphatic heterocycles. The summed E-state index contributed by atoms with van der Waals surface area (Å²) in [6, 6.07) is 1.67. The molecule has 0 bridgehead atoms. The van der Waals surface area contributed by atoms with Gasteiger partial charge in [0.15, 0.2) is 0 Å². The van der Waals surface area contributed by atoms with Crippen LogP contribution in [0.2, 0.25) is 0 Å². The molecule has 1 rings (SSSR count). The Kier molecular flexibility index (Phi) is 7.80. The van der Waals surface area contributed by atoms with Crippen molar-refractivity contribution in [1.82, 2.24) is 9.97 Å². The molecular formula is C12H22N4O3. The summed E-state index contributed by atoms with van der Waals surface area (Å²) in [4.78, 5) is 8.44. The lowest BCUT2D eigenvalue weighted by Crippen LogP contribution is -2.12. The van der Waals surface area contributed by atoms with Crippen molar-refractivity contribution < 1.29 is 14.2 Å². The molecule has 0 aromatic carbocycles. The fraction of sp³-hybridized carbons (Fsp3) is 0.667. The molecule has 0 atom stereocenters. The largest absolute Gasteiger partial charge is 0.477 e. The summed E-state index contributed by atoms with van der Waals surface area (Å²) >= 11 is 0. The van der Waals surface area contributed by atoms with Gasteiger partial charge in [-0.25, -0.2) is 10.8 Å². The Morgan fingerprint density at radius 1 is 1.21 bits per heavy atom. The number of nitrogens with one attached hydrogen (secondary N) is 1. The number of methoxy groups -OCH3 is 1. The van der Waals surface area contributed by atoms with E-state index in [1.807, 2.05) is 6.92 Å². The number of hydrogen-bond acceptors (Lipinski definition) is 7. The van der Waals surface area contributed by atoms with E-state index in [-0.39, 0.29) is 0 Å². The van der Waals surface area contributed by atoms with Gasteiger partial charge in [0.05, 0.1) is 19.8 Å². The number of nitrogens with zero attached hydrogens (tertiary/aromatic N) is 2. The van der Waals surface area contributed by atoms with Crippen LogP contribution in [0.1, 0.15) is 19.2 Å². The van der Waals surface area contributed by atoms with Crippen LogP contribution in [0.15, 0.2) is 6.07 Å². The van der Waals surface area contributed by atoms with Crippen molar-refractivity contribution in [2.45, 2.75) is 19.8 Å². The quantitative estimate of drug-likeness (QED) is 0.368. The van der Waals surface area contributed by atoms with E-state index in [1.165, 1.54) is 0 Å². The fourth-order valence-corrected chi connectivity index (χ4v) is 1.36. The number of ether oxygens (including phenoxy) is 3. The number of hydrogen-bond donors (Lipinski definition) is 2. The Hall–Kier alpha value is -1.44. The first-order valence-corrected chi connectivity index (χ1v) is 6.34. The molecule has 0 aliphatic carbocycles. The maximum absolute atomic E-state index is 5.54. The first-order chi connectivity index (χ1) is 9.30. The second kappa shape index (κ2) is 9.48. The summed E-state index contributed by atoms with van der Waals surface area (Å²) in [6.45, 7) is 4.36. The molecule has 0 fully saturated rings. The number of aromatic nitrogens is 2. The lowest BCUT2D eigenvalue weighted by atomic mass is 10.4. The third-order valence-electron chi connectivity index (χ3n) is 2.33. The molecule has 7 nitrogen and oxygen atoms in total. The van der Waals surface area contributed by atoms with Crippen LogP contribution in [0.5, 0.6) is 5.88 Å². The van der Waals surface area contributed by atoms with E-state index in [2.05, 4.69) is 15.4 Å². The zero-order chi connectivity index (χ0) is 13.9. The van der Waals surface area contributed by atoms with Crippen molar-refractivity contribution in [3.05, 3.63) is 11.9 Å². The molecule has 3 N–H and O–H groups in total. The van der Waals surface area contributed by atoms with E-state index < -0.39 is 0 Å². The highest BCUT2D eigenvalue weighted by Gasteiger charge is 2.03. The molecule has 1 heterocycles. The number of hydrazine groups is 1. The normalized spacial score (nSPS) is 10.5. The highest BCUT2D eigenvalue weighted by atomic mass is 16.5. The molecule has 7 heteroatoms. The maximum atomic E-state index is 5.54. The minimum atomic E-state index is 0.525. The highest BCUT2D eigenvalue weighted by Crippen LogP contribution is 2.13. The molecule has 1 aromatic rings. The van der Waals surface area contributed by atoms with Gasteiger partial charge in [0, 0.05) is 32.6 Å². The van der Waals surface area contributed by atoms with Gasteiger partial charge in [-0.3, -0.25) is 0 Å². The van der Waals surface area contributed by atoms with Crippen LogP contribution in [-0.4, -0.2) is 43.5 Å². The Morgan fingerprint density at radius 3 is 2.74 bits per heavy atom. The van der Waals surface area contributed by atoms with Gasteiger partial charge in [-0.15, -0.1) is 0 Å². The second-order valence-electron chi connectivity index (χ2n) is 3.81. The fourth-order valence-electron chi connectivity index (χ4n) is 1.36. The number of aryl methyl sites for hydroxylation is 1. The topological polar surface area (TPSA) is 91.5 Å². The Bertz CT molecular complexity index is 341. The average Bonchev–Trinajstić information content (AvgIpc) is 2.45. The number of rotatable bonds is 10. The van der Waals surface area contributed by atoms with Gasteiger partial charge in [-0.1, -0.05) is 6.92 Å². The van der Waals surface area contributed by atoms with Crippen LogP contribution in [0.4, 0.5) is 5.82 Å². The Balaban J connectivity index is 2.28. The van der Waals surface area contributed by atoms with E-state index >= 15 is 0 Å². The molecule has 0 radical (unpaired) electrons. The van der Waals surface area contributed by atoms with Gasteiger partial charge < -0.3 is 19.6 Å². The molecule has 19 heavy (non-hydrogen) atoms. The van der Waals surface area contributed by atoms with Crippen LogP contribution >= 0.6 is 0 Å². The van der Waals surface area contributed by atoms with Gasteiger partial charge in [0.2, 0.25) is 5.88 Å². The molecule has 0 amide bonds. The van der Waals surface area contributed by atoms with Gasteiger partial charge in [-0.2, -0.15) is 4.98 Å². The summed E-state index contributed by atoms with van der Waals surface area (Å²) in [6.07, 6.45) is 1.52. The summed E-state index contributed by atoms with van der Waals surface area (Å²) in [5.74, 6) is 7.11. The molecule has 1 aromatic heterocycles. The Morgan fingerprint density at radius 2 is 2.05 bits per heavy atom. The Labute approximate surface area is 113 Å². The zero-order valence-corrected chi connectivity index (χ0v) is 11.5. The van der Waals surface area contributed by atoms with Crippen molar-refractivity contribution in [1.29, 1.82) is 0 Å². The monoisotopic (exact) mass is 270 g/mol. The van der Waals surface area contributed by atoms with Gasteiger partial charge in [0.1, 0.15) is 11.6 Å². The predicted octanol–water partition coefficient (Wildman–Crippen LogP) is 0.756. The highest BCUT2D eigenvalue weighted by molar-refractivity contribution is 5.36. The van der Waals surface area contributed by atoms with E-state index in [0.29, 0.717) is 43.9 Å². The molecule has 0 aliphatic rings. The number of anilines is 1. The van der Waals surface area contributed by atoms with Crippen LogP contribution in [0, 0.1) is 0 Å². The first kappa shape index (κ1) is 15.6. The van der Waals surface area contributed by atoms with Crippen molar-refractivity contribution >= 4 is 5.82 Å². The van der Waals surface area contributed by atoms with Gasteiger partial charge in [0.25, 0.3) is 0 Å². The summed E-state index contributed by atoms with van der Waals surface area (Å²) in [7, 11) is 1.65. The van der Waals surface area contributed by atoms with Crippen molar-refractivity contribution in [2.75, 3.05) is 39.0 Å². The van der Waals surface area contributed by atoms with Crippen LogP contribution in [0.25, 0.3) is 0 Å². The minimum absolute atomic E-state index is 0.525. The van der Waals surface area contributed by atoms with Crippen molar-refractivity contribution in [3.63, 3.8) is 0 Å². The molecule has 0 saturated carbocycles. The zero-order valence-electron chi connectivity index (χ0n) is 11.5. The lowest BCUT2D eigenvalue weighted by molar-refractivity contribution is 0.0642. The third kappa shape index (κ3) is 6.32. The molecular weight excluding hydrogens is 248 g/mol. The second-order valence-corrected chi connectivity index (χ2v) is 3.81. The average molecular weight is 270 g/mol. The molecule has 108 valence electrons. The third-order valence-corrected chi connectivity index (χ3v) is 2.33. The predicted molar refractivity (Wildman–Crippen MR) is 72.0 cm³/mol. The maximum Gasteiger partial charge on any atom is 0.218 e. The van der Waals surface area contributed by atoms with Gasteiger partial charge >= 0.3 is 0 Å². The van der Waals surface area contributed by atoms with Crippen molar-refractivity contribution in [3.8, 4) is 5.88 Å². The SMILES string of the molecule is CCc1nc(NN)cc(OCCCOCCOC)n1. The van der Waals surface area contributed by atoms with E-state index in [1.54, 1.807) is 13.2 Å². The summed E-state index contributed by atoms with van der Waals surface area (Å²) in [5.41, 5.74) is 2.50. The number of nitrogen functional groups attached to an aromatic ring is 1. The lowest BCUT2D eigenvalue weighted by Gasteiger charge is -2.08. The van der Waals surface area contributed by atoms with Gasteiger partial charge in [-0.05, 0) is 0 Å². The summed E-state index contributed by atoms with van der Waals surface area (Å²) < 4.78 is 15.7. The van der Waals surface area contributed by atoms with E-state index in [0.717, 1.165) is 12.8 Å². The molecule has 0 unspecified atom stereocenters. The van der Waals surface area contributed by atoms with Crippen LogP contribution in [-0.2, 0) is 15.9 Å². The minimum Gasteiger partial charge on any atom is -0.477 e.